The van der Waals surface area contributed by atoms with E-state index in [4.69, 9.17) is 4.74 Å². The Labute approximate surface area is 116 Å². The fourth-order valence-corrected chi connectivity index (χ4v) is 1.95. The van der Waals surface area contributed by atoms with Crippen LogP contribution >= 0.6 is 0 Å². The van der Waals surface area contributed by atoms with Crippen LogP contribution in [0, 0.1) is 11.6 Å². The Hall–Kier alpha value is -1.94. The van der Waals surface area contributed by atoms with Crippen LogP contribution in [0.5, 0.6) is 11.5 Å². The fraction of sp³-hybridized carbons (Fsp3) is 0.250. The molecule has 0 unspecified atom stereocenters. The Morgan fingerprint density at radius 2 is 1.95 bits per heavy atom. The van der Waals surface area contributed by atoms with Crippen molar-refractivity contribution < 1.29 is 13.5 Å². The summed E-state index contributed by atoms with van der Waals surface area (Å²) in [6.07, 6.45) is 2.45. The fourth-order valence-electron chi connectivity index (χ4n) is 1.95. The summed E-state index contributed by atoms with van der Waals surface area (Å²) in [4.78, 5) is 0. The first kappa shape index (κ1) is 13.1. The van der Waals surface area contributed by atoms with E-state index in [0.717, 1.165) is 30.3 Å². The number of nitrogens with one attached hydrogen (secondary N) is 1. The first-order chi connectivity index (χ1) is 9.70. The lowest BCUT2D eigenvalue weighted by atomic mass is 10.2. The summed E-state index contributed by atoms with van der Waals surface area (Å²) in [6.45, 7) is 0.757. The molecule has 1 saturated carbocycles. The Kier molecular flexibility index (Phi) is 3.65. The predicted octanol–water partition coefficient (Wildman–Crippen LogP) is 4.01. The van der Waals surface area contributed by atoms with E-state index in [0.29, 0.717) is 11.8 Å². The van der Waals surface area contributed by atoms with Crippen molar-refractivity contribution in [2.75, 3.05) is 0 Å². The molecule has 0 aromatic heterocycles. The highest BCUT2D eigenvalue weighted by molar-refractivity contribution is 5.35. The number of ether oxygens (including phenoxy) is 1. The van der Waals surface area contributed by atoms with Gasteiger partial charge in [-0.1, -0.05) is 12.1 Å². The molecule has 1 fully saturated rings. The topological polar surface area (TPSA) is 21.3 Å². The average Bonchev–Trinajstić information content (AvgIpc) is 3.25. The normalized spacial score (nSPS) is 14.3. The lowest BCUT2D eigenvalue weighted by molar-refractivity contribution is 0.436. The number of hydrogen-bond acceptors (Lipinski definition) is 2. The van der Waals surface area contributed by atoms with E-state index >= 15 is 0 Å². The molecule has 0 spiro atoms. The van der Waals surface area contributed by atoms with Crippen molar-refractivity contribution in [1.82, 2.24) is 5.32 Å². The number of rotatable bonds is 5. The van der Waals surface area contributed by atoms with Gasteiger partial charge in [0.25, 0.3) is 0 Å². The van der Waals surface area contributed by atoms with E-state index in [-0.39, 0.29) is 5.75 Å². The second-order valence-electron chi connectivity index (χ2n) is 4.98. The first-order valence-electron chi connectivity index (χ1n) is 6.66. The quantitative estimate of drug-likeness (QED) is 0.890. The minimum Gasteiger partial charge on any atom is -0.454 e. The SMILES string of the molecule is Fc1ccc(F)c(Oc2cccc(CNC3CC3)c2)c1. The molecular formula is C16H15F2NO. The van der Waals surface area contributed by atoms with Crippen LogP contribution in [0.4, 0.5) is 8.78 Å². The minimum absolute atomic E-state index is 0.0997. The third kappa shape index (κ3) is 3.33. The highest BCUT2D eigenvalue weighted by Crippen LogP contribution is 2.26. The summed E-state index contributed by atoms with van der Waals surface area (Å²) in [5.41, 5.74) is 1.06. The van der Waals surface area contributed by atoms with Gasteiger partial charge in [0, 0.05) is 18.7 Å². The van der Waals surface area contributed by atoms with Gasteiger partial charge < -0.3 is 10.1 Å². The van der Waals surface area contributed by atoms with E-state index in [2.05, 4.69) is 5.32 Å². The molecule has 4 heteroatoms. The van der Waals surface area contributed by atoms with Crippen LogP contribution in [0.15, 0.2) is 42.5 Å². The van der Waals surface area contributed by atoms with Gasteiger partial charge in [0.2, 0.25) is 0 Å². The maximum absolute atomic E-state index is 13.5. The van der Waals surface area contributed by atoms with E-state index in [9.17, 15) is 8.78 Å². The van der Waals surface area contributed by atoms with Crippen molar-refractivity contribution in [3.05, 3.63) is 59.7 Å². The molecule has 0 atom stereocenters. The van der Waals surface area contributed by atoms with Crippen molar-refractivity contribution >= 4 is 0 Å². The molecule has 2 aromatic rings. The van der Waals surface area contributed by atoms with Crippen LogP contribution in [0.25, 0.3) is 0 Å². The van der Waals surface area contributed by atoms with Crippen LogP contribution in [0.2, 0.25) is 0 Å². The Bertz CT molecular complexity index is 611. The third-order valence-corrected chi connectivity index (χ3v) is 3.19. The summed E-state index contributed by atoms with van der Waals surface area (Å²) >= 11 is 0. The Balaban J connectivity index is 1.72. The lowest BCUT2D eigenvalue weighted by Gasteiger charge is -2.09. The van der Waals surface area contributed by atoms with E-state index in [1.54, 1.807) is 6.07 Å². The van der Waals surface area contributed by atoms with Gasteiger partial charge in [-0.2, -0.15) is 0 Å². The number of halogens is 2. The van der Waals surface area contributed by atoms with E-state index < -0.39 is 11.6 Å². The molecule has 1 aliphatic carbocycles. The van der Waals surface area contributed by atoms with Crippen LogP contribution in [-0.2, 0) is 6.54 Å². The van der Waals surface area contributed by atoms with Crippen LogP contribution in [0.3, 0.4) is 0 Å². The molecule has 20 heavy (non-hydrogen) atoms. The van der Waals surface area contributed by atoms with Gasteiger partial charge in [-0.05, 0) is 42.7 Å². The largest absolute Gasteiger partial charge is 0.454 e. The standard InChI is InChI=1S/C16H15F2NO/c17-12-4-7-15(18)16(9-12)20-14-3-1-2-11(8-14)10-19-13-5-6-13/h1-4,7-9,13,19H,5-6,10H2. The molecule has 0 saturated heterocycles. The zero-order chi connectivity index (χ0) is 13.9. The number of hydrogen-bond donors (Lipinski definition) is 1. The molecule has 0 heterocycles. The summed E-state index contributed by atoms with van der Waals surface area (Å²) in [5.74, 6) is -0.692. The Morgan fingerprint density at radius 1 is 1.10 bits per heavy atom. The number of benzene rings is 2. The van der Waals surface area contributed by atoms with E-state index in [1.807, 2.05) is 18.2 Å². The molecule has 104 valence electrons. The van der Waals surface area contributed by atoms with Crippen molar-refractivity contribution in [2.45, 2.75) is 25.4 Å². The summed E-state index contributed by atoms with van der Waals surface area (Å²) in [7, 11) is 0. The van der Waals surface area contributed by atoms with Crippen LogP contribution < -0.4 is 10.1 Å². The summed E-state index contributed by atoms with van der Waals surface area (Å²) in [6, 6.07) is 11.2. The molecule has 0 radical (unpaired) electrons. The monoisotopic (exact) mass is 275 g/mol. The second kappa shape index (κ2) is 5.59. The van der Waals surface area contributed by atoms with Crippen molar-refractivity contribution in [2.24, 2.45) is 0 Å². The molecule has 1 N–H and O–H groups in total. The average molecular weight is 275 g/mol. The first-order valence-corrected chi connectivity index (χ1v) is 6.66. The van der Waals surface area contributed by atoms with Gasteiger partial charge in [0.15, 0.2) is 11.6 Å². The van der Waals surface area contributed by atoms with Crippen molar-refractivity contribution in [3.8, 4) is 11.5 Å². The smallest absolute Gasteiger partial charge is 0.165 e. The highest BCUT2D eigenvalue weighted by Gasteiger charge is 2.19. The molecule has 3 rings (SSSR count). The molecular weight excluding hydrogens is 260 g/mol. The zero-order valence-electron chi connectivity index (χ0n) is 10.9. The van der Waals surface area contributed by atoms with Gasteiger partial charge in [-0.3, -0.25) is 0 Å². The lowest BCUT2D eigenvalue weighted by Crippen LogP contribution is -2.15. The van der Waals surface area contributed by atoms with E-state index in [1.165, 1.54) is 12.8 Å². The molecule has 0 amide bonds. The van der Waals surface area contributed by atoms with Gasteiger partial charge in [-0.15, -0.1) is 0 Å². The maximum atomic E-state index is 13.5. The predicted molar refractivity (Wildman–Crippen MR) is 72.7 cm³/mol. The molecule has 2 aromatic carbocycles. The van der Waals surface area contributed by atoms with Crippen molar-refractivity contribution in [3.63, 3.8) is 0 Å². The van der Waals surface area contributed by atoms with Crippen LogP contribution in [-0.4, -0.2) is 6.04 Å². The summed E-state index contributed by atoms with van der Waals surface area (Å²) in [5, 5.41) is 3.39. The van der Waals surface area contributed by atoms with Crippen molar-refractivity contribution in [1.29, 1.82) is 0 Å². The minimum atomic E-state index is -0.576. The van der Waals surface area contributed by atoms with Gasteiger partial charge >= 0.3 is 0 Å². The molecule has 0 bridgehead atoms. The highest BCUT2D eigenvalue weighted by atomic mass is 19.1. The maximum Gasteiger partial charge on any atom is 0.165 e. The third-order valence-electron chi connectivity index (χ3n) is 3.19. The molecule has 0 aliphatic heterocycles. The Morgan fingerprint density at radius 3 is 2.75 bits per heavy atom. The van der Waals surface area contributed by atoms with Gasteiger partial charge in [0.05, 0.1) is 0 Å². The molecule has 1 aliphatic rings. The van der Waals surface area contributed by atoms with Crippen LogP contribution in [0.1, 0.15) is 18.4 Å². The second-order valence-corrected chi connectivity index (χ2v) is 4.98. The molecule has 2 nitrogen and oxygen atoms in total. The van der Waals surface area contributed by atoms with Gasteiger partial charge in [-0.25, -0.2) is 8.78 Å². The zero-order valence-corrected chi connectivity index (χ0v) is 10.9. The summed E-state index contributed by atoms with van der Waals surface area (Å²) < 4.78 is 32.0. The van der Waals surface area contributed by atoms with Gasteiger partial charge in [0.1, 0.15) is 11.6 Å².